The van der Waals surface area contributed by atoms with Crippen molar-refractivity contribution in [3.05, 3.63) is 29.8 Å². The van der Waals surface area contributed by atoms with Crippen LogP contribution < -0.4 is 10.6 Å². The molecule has 1 aromatic rings. The summed E-state index contributed by atoms with van der Waals surface area (Å²) in [5.41, 5.74) is 1.96. The van der Waals surface area contributed by atoms with E-state index in [0.29, 0.717) is 5.11 Å². The van der Waals surface area contributed by atoms with Crippen LogP contribution >= 0.6 is 12.2 Å². The molecule has 4 bridgehead atoms. The molecule has 0 aliphatic heterocycles. The zero-order valence-electron chi connectivity index (χ0n) is 13.6. The van der Waals surface area contributed by atoms with Crippen LogP contribution in [0.4, 0.5) is 5.69 Å². The van der Waals surface area contributed by atoms with E-state index in [1.165, 1.54) is 24.8 Å². The fraction of sp³-hybridized carbons (Fsp3) is 0.579. The standard InChI is InChI=1S/C19H24N2OS/c1-12-3-2-4-16(5-12)20-18(23)21-17(22)19-9-13-6-14(10-19)8-15(7-13)11-19/h2-5,13-15H,6-11H2,1H3,(H2,20,21,22,23). The van der Waals surface area contributed by atoms with Gasteiger partial charge in [-0.15, -0.1) is 0 Å². The van der Waals surface area contributed by atoms with Gasteiger partial charge in [0.25, 0.3) is 0 Å². The van der Waals surface area contributed by atoms with E-state index in [1.54, 1.807) is 0 Å². The highest BCUT2D eigenvalue weighted by molar-refractivity contribution is 7.80. The van der Waals surface area contributed by atoms with Crippen molar-refractivity contribution in [1.82, 2.24) is 5.32 Å². The molecule has 0 spiro atoms. The number of benzene rings is 1. The van der Waals surface area contributed by atoms with Crippen LogP contribution in [0.3, 0.4) is 0 Å². The Labute approximate surface area is 143 Å². The van der Waals surface area contributed by atoms with Crippen molar-refractivity contribution < 1.29 is 4.79 Å². The van der Waals surface area contributed by atoms with Gasteiger partial charge < -0.3 is 10.6 Å². The number of carbonyl (C=O) groups is 1. The van der Waals surface area contributed by atoms with Gasteiger partial charge in [-0.2, -0.15) is 0 Å². The van der Waals surface area contributed by atoms with Crippen molar-refractivity contribution in [1.29, 1.82) is 0 Å². The lowest BCUT2D eigenvalue weighted by Crippen LogP contribution is -2.55. The first-order valence-electron chi connectivity index (χ1n) is 8.71. The van der Waals surface area contributed by atoms with Gasteiger partial charge in [0.05, 0.1) is 5.41 Å². The van der Waals surface area contributed by atoms with E-state index in [0.717, 1.165) is 42.7 Å². The summed E-state index contributed by atoms with van der Waals surface area (Å²) in [6, 6.07) is 8.03. The summed E-state index contributed by atoms with van der Waals surface area (Å²) in [7, 11) is 0. The average molecular weight is 328 g/mol. The molecule has 0 unspecified atom stereocenters. The van der Waals surface area contributed by atoms with Crippen LogP contribution in [0.1, 0.15) is 44.1 Å². The number of hydrogen-bond acceptors (Lipinski definition) is 2. The molecular weight excluding hydrogens is 304 g/mol. The first kappa shape index (κ1) is 15.1. The molecule has 4 saturated carbocycles. The number of rotatable bonds is 2. The second-order valence-corrected chi connectivity index (χ2v) is 8.38. The van der Waals surface area contributed by atoms with Gasteiger partial charge in [-0.25, -0.2) is 0 Å². The van der Waals surface area contributed by atoms with Crippen LogP contribution in [-0.4, -0.2) is 11.0 Å². The number of amides is 1. The van der Waals surface area contributed by atoms with E-state index in [1.807, 2.05) is 31.2 Å². The number of anilines is 1. The number of aryl methyl sites for hydroxylation is 1. The van der Waals surface area contributed by atoms with Gasteiger partial charge in [0.1, 0.15) is 0 Å². The first-order chi connectivity index (χ1) is 11.0. The largest absolute Gasteiger partial charge is 0.332 e. The number of carbonyl (C=O) groups excluding carboxylic acids is 1. The Balaban J connectivity index is 1.42. The number of thiocarbonyl (C=S) groups is 1. The molecule has 2 N–H and O–H groups in total. The van der Waals surface area contributed by atoms with Gasteiger partial charge >= 0.3 is 0 Å². The fourth-order valence-electron chi connectivity index (χ4n) is 5.51. The Bertz CT molecular complexity index is 619. The highest BCUT2D eigenvalue weighted by Crippen LogP contribution is 2.60. The second kappa shape index (κ2) is 5.59. The molecule has 0 atom stereocenters. The van der Waals surface area contributed by atoms with Crippen LogP contribution in [0.5, 0.6) is 0 Å². The maximum atomic E-state index is 12.9. The van der Waals surface area contributed by atoms with Gasteiger partial charge in [0.2, 0.25) is 5.91 Å². The van der Waals surface area contributed by atoms with Crippen molar-refractivity contribution in [2.24, 2.45) is 23.2 Å². The topological polar surface area (TPSA) is 41.1 Å². The maximum Gasteiger partial charge on any atom is 0.232 e. The van der Waals surface area contributed by atoms with E-state index >= 15 is 0 Å². The quantitative estimate of drug-likeness (QED) is 0.806. The van der Waals surface area contributed by atoms with E-state index in [9.17, 15) is 4.79 Å². The van der Waals surface area contributed by atoms with Crippen molar-refractivity contribution in [2.75, 3.05) is 5.32 Å². The molecule has 4 fully saturated rings. The second-order valence-electron chi connectivity index (χ2n) is 7.98. The molecule has 1 amide bonds. The Morgan fingerprint density at radius 3 is 2.30 bits per heavy atom. The SMILES string of the molecule is Cc1cccc(NC(=S)NC(=O)C23CC4CC(CC(C4)C2)C3)c1. The van der Waals surface area contributed by atoms with Gasteiger partial charge in [-0.1, -0.05) is 12.1 Å². The lowest BCUT2D eigenvalue weighted by molar-refractivity contribution is -0.144. The lowest BCUT2D eigenvalue weighted by Gasteiger charge is -2.55. The summed E-state index contributed by atoms with van der Waals surface area (Å²) in [5, 5.41) is 6.56. The zero-order valence-corrected chi connectivity index (χ0v) is 14.4. The molecule has 0 saturated heterocycles. The number of nitrogens with one attached hydrogen (secondary N) is 2. The van der Waals surface area contributed by atoms with E-state index in [2.05, 4.69) is 10.6 Å². The van der Waals surface area contributed by atoms with Crippen molar-refractivity contribution in [3.63, 3.8) is 0 Å². The smallest absolute Gasteiger partial charge is 0.232 e. The van der Waals surface area contributed by atoms with Gasteiger partial charge in [-0.05, 0) is 93.1 Å². The summed E-state index contributed by atoms with van der Waals surface area (Å²) in [4.78, 5) is 12.9. The Kier molecular flexibility index (Phi) is 3.67. The Morgan fingerprint density at radius 1 is 1.13 bits per heavy atom. The minimum atomic E-state index is -0.146. The van der Waals surface area contributed by atoms with E-state index in [4.69, 9.17) is 12.2 Å². The Morgan fingerprint density at radius 2 is 1.74 bits per heavy atom. The monoisotopic (exact) mass is 328 g/mol. The molecule has 4 heteroatoms. The third-order valence-electron chi connectivity index (χ3n) is 6.02. The molecule has 0 heterocycles. The van der Waals surface area contributed by atoms with Gasteiger partial charge in [0, 0.05) is 5.69 Å². The van der Waals surface area contributed by atoms with Crippen molar-refractivity contribution in [3.8, 4) is 0 Å². The van der Waals surface area contributed by atoms with Crippen LogP contribution in [0.15, 0.2) is 24.3 Å². The summed E-state index contributed by atoms with van der Waals surface area (Å²) in [6.07, 6.45) is 7.24. The first-order valence-corrected chi connectivity index (χ1v) is 9.12. The van der Waals surface area contributed by atoms with Crippen molar-refractivity contribution in [2.45, 2.75) is 45.4 Å². The molecular formula is C19H24N2OS. The highest BCUT2D eigenvalue weighted by atomic mass is 32.1. The van der Waals surface area contributed by atoms with Crippen molar-refractivity contribution >= 4 is 28.9 Å². The molecule has 23 heavy (non-hydrogen) atoms. The third kappa shape index (κ3) is 2.89. The minimum absolute atomic E-state index is 0.146. The lowest BCUT2D eigenvalue weighted by atomic mass is 9.49. The molecule has 122 valence electrons. The summed E-state index contributed by atoms with van der Waals surface area (Å²) >= 11 is 5.37. The third-order valence-corrected chi connectivity index (χ3v) is 6.23. The van der Waals surface area contributed by atoms with Crippen LogP contribution in [0.2, 0.25) is 0 Å². The fourth-order valence-corrected chi connectivity index (χ4v) is 5.72. The molecule has 0 radical (unpaired) electrons. The normalized spacial score (nSPS) is 34.2. The molecule has 3 nitrogen and oxygen atoms in total. The predicted octanol–water partition coefficient (Wildman–Crippen LogP) is 4.02. The predicted molar refractivity (Wildman–Crippen MR) is 96.1 cm³/mol. The maximum absolute atomic E-state index is 12.9. The molecule has 0 aromatic heterocycles. The number of hydrogen-bond donors (Lipinski definition) is 2. The van der Waals surface area contributed by atoms with Gasteiger partial charge in [0.15, 0.2) is 5.11 Å². The van der Waals surface area contributed by atoms with Crippen LogP contribution in [-0.2, 0) is 4.79 Å². The summed E-state index contributed by atoms with van der Waals surface area (Å²) in [6.45, 7) is 2.04. The zero-order chi connectivity index (χ0) is 16.0. The summed E-state index contributed by atoms with van der Waals surface area (Å²) in [5.74, 6) is 2.46. The van der Waals surface area contributed by atoms with Gasteiger partial charge in [-0.3, -0.25) is 4.79 Å². The van der Waals surface area contributed by atoms with E-state index < -0.39 is 0 Å². The molecule has 4 aliphatic rings. The summed E-state index contributed by atoms with van der Waals surface area (Å²) < 4.78 is 0. The molecule has 5 rings (SSSR count). The Hall–Kier alpha value is -1.42. The molecule has 4 aliphatic carbocycles. The minimum Gasteiger partial charge on any atom is -0.332 e. The van der Waals surface area contributed by atoms with Crippen LogP contribution in [0, 0.1) is 30.1 Å². The highest BCUT2D eigenvalue weighted by Gasteiger charge is 2.54. The average Bonchev–Trinajstić information content (AvgIpc) is 2.45. The van der Waals surface area contributed by atoms with Crippen LogP contribution in [0.25, 0.3) is 0 Å². The molecule has 1 aromatic carbocycles. The van der Waals surface area contributed by atoms with E-state index in [-0.39, 0.29) is 11.3 Å².